The summed E-state index contributed by atoms with van der Waals surface area (Å²) in [7, 11) is 0. The molecular weight excluding hydrogens is 211 g/mol. The Bertz CT molecular complexity index is 450. The second-order valence-corrected chi connectivity index (χ2v) is 4.42. The van der Waals surface area contributed by atoms with Gasteiger partial charge in [0.25, 0.3) is 0 Å². The van der Waals surface area contributed by atoms with Crippen LogP contribution in [-0.2, 0) is 10.2 Å². The predicted molar refractivity (Wildman–Crippen MR) is 56.0 cm³/mol. The third kappa shape index (κ3) is 1.64. The van der Waals surface area contributed by atoms with Crippen molar-refractivity contribution in [1.29, 1.82) is 0 Å². The normalized spacial score (nSPS) is 17.1. The van der Waals surface area contributed by atoms with Crippen molar-refractivity contribution in [2.45, 2.75) is 31.6 Å². The smallest absolute Gasteiger partial charge is 0.304 e. The molecule has 16 heavy (non-hydrogen) atoms. The number of phenolic OH excluding ortho intramolecular Hbond substituents is 1. The minimum absolute atomic E-state index is 0.00218. The first-order valence-electron chi connectivity index (χ1n) is 5.17. The van der Waals surface area contributed by atoms with Crippen molar-refractivity contribution in [3.8, 4) is 5.75 Å². The van der Waals surface area contributed by atoms with E-state index in [-0.39, 0.29) is 12.2 Å². The summed E-state index contributed by atoms with van der Waals surface area (Å²) in [4.78, 5) is 10.8. The molecule has 1 aliphatic rings. The lowest BCUT2D eigenvalue weighted by molar-refractivity contribution is -0.137. The minimum Gasteiger partial charge on any atom is -0.508 e. The van der Waals surface area contributed by atoms with Crippen LogP contribution in [0.15, 0.2) is 12.1 Å². The van der Waals surface area contributed by atoms with Gasteiger partial charge in [-0.1, -0.05) is 0 Å². The highest BCUT2D eigenvalue weighted by Gasteiger charge is 2.48. The third-order valence-corrected chi connectivity index (χ3v) is 3.25. The zero-order chi connectivity index (χ0) is 11.9. The lowest BCUT2D eigenvalue weighted by Gasteiger charge is -2.18. The molecule has 1 aliphatic carbocycles. The van der Waals surface area contributed by atoms with Gasteiger partial charge in [0.1, 0.15) is 11.6 Å². The van der Waals surface area contributed by atoms with E-state index in [4.69, 9.17) is 5.11 Å². The van der Waals surface area contributed by atoms with E-state index in [0.717, 1.165) is 0 Å². The van der Waals surface area contributed by atoms with Crippen LogP contribution in [0.5, 0.6) is 5.75 Å². The third-order valence-electron chi connectivity index (χ3n) is 3.25. The highest BCUT2D eigenvalue weighted by molar-refractivity contribution is 5.71. The van der Waals surface area contributed by atoms with Gasteiger partial charge in [-0.15, -0.1) is 0 Å². The fourth-order valence-corrected chi connectivity index (χ4v) is 2.30. The molecule has 0 heterocycles. The SMILES string of the molecule is Cc1c(F)ccc(O)c1C1(CC(=O)O)CC1. The van der Waals surface area contributed by atoms with Crippen molar-refractivity contribution < 1.29 is 19.4 Å². The molecule has 0 radical (unpaired) electrons. The summed E-state index contributed by atoms with van der Waals surface area (Å²) in [5, 5.41) is 18.6. The molecule has 0 unspecified atom stereocenters. The van der Waals surface area contributed by atoms with Gasteiger partial charge < -0.3 is 10.2 Å². The van der Waals surface area contributed by atoms with Gasteiger partial charge in [-0.2, -0.15) is 0 Å². The lowest BCUT2D eigenvalue weighted by Crippen LogP contribution is -2.15. The molecule has 86 valence electrons. The fraction of sp³-hybridized carbons (Fsp3) is 0.417. The van der Waals surface area contributed by atoms with E-state index in [1.165, 1.54) is 12.1 Å². The van der Waals surface area contributed by atoms with Crippen LogP contribution in [0.1, 0.15) is 30.4 Å². The van der Waals surface area contributed by atoms with Crippen molar-refractivity contribution in [2.75, 3.05) is 0 Å². The molecule has 0 spiro atoms. The van der Waals surface area contributed by atoms with E-state index in [1.54, 1.807) is 6.92 Å². The Balaban J connectivity index is 2.48. The molecule has 0 atom stereocenters. The number of aliphatic carboxylic acids is 1. The second-order valence-electron chi connectivity index (χ2n) is 4.42. The first-order chi connectivity index (χ1) is 7.46. The number of rotatable bonds is 3. The maximum absolute atomic E-state index is 13.4. The Hall–Kier alpha value is -1.58. The minimum atomic E-state index is -0.916. The molecule has 0 bridgehead atoms. The van der Waals surface area contributed by atoms with Crippen molar-refractivity contribution in [2.24, 2.45) is 0 Å². The van der Waals surface area contributed by atoms with Crippen molar-refractivity contribution in [1.82, 2.24) is 0 Å². The molecule has 2 N–H and O–H groups in total. The average molecular weight is 224 g/mol. The molecule has 4 heteroatoms. The Morgan fingerprint density at radius 2 is 2.12 bits per heavy atom. The van der Waals surface area contributed by atoms with Crippen LogP contribution in [0.4, 0.5) is 4.39 Å². The van der Waals surface area contributed by atoms with Gasteiger partial charge in [0.05, 0.1) is 6.42 Å². The number of benzene rings is 1. The van der Waals surface area contributed by atoms with Crippen LogP contribution in [0.2, 0.25) is 0 Å². The first kappa shape index (κ1) is 10.9. The topological polar surface area (TPSA) is 57.5 Å². The van der Waals surface area contributed by atoms with Gasteiger partial charge in [-0.05, 0) is 37.5 Å². The molecule has 0 amide bonds. The average Bonchev–Trinajstić information content (AvgIpc) is 2.92. The summed E-state index contributed by atoms with van der Waals surface area (Å²) >= 11 is 0. The van der Waals surface area contributed by atoms with Crippen LogP contribution >= 0.6 is 0 Å². The quantitative estimate of drug-likeness (QED) is 0.828. The maximum Gasteiger partial charge on any atom is 0.304 e. The number of hydrogen-bond donors (Lipinski definition) is 2. The molecule has 0 aliphatic heterocycles. The number of halogens is 1. The van der Waals surface area contributed by atoms with Gasteiger partial charge in [0.15, 0.2) is 0 Å². The van der Waals surface area contributed by atoms with Gasteiger partial charge in [0, 0.05) is 11.0 Å². The second kappa shape index (κ2) is 3.47. The van der Waals surface area contributed by atoms with E-state index in [1.807, 2.05) is 0 Å². The molecule has 2 rings (SSSR count). The van der Waals surface area contributed by atoms with E-state index >= 15 is 0 Å². The highest BCUT2D eigenvalue weighted by atomic mass is 19.1. The summed E-state index contributed by atoms with van der Waals surface area (Å²) in [5.41, 5.74) is 0.274. The van der Waals surface area contributed by atoms with Gasteiger partial charge >= 0.3 is 5.97 Å². The van der Waals surface area contributed by atoms with E-state index in [2.05, 4.69) is 0 Å². The Kier molecular flexibility index (Phi) is 2.37. The summed E-state index contributed by atoms with van der Waals surface area (Å²) in [6.45, 7) is 1.58. The number of carbonyl (C=O) groups is 1. The molecule has 3 nitrogen and oxygen atoms in total. The number of carboxylic acids is 1. The Morgan fingerprint density at radius 3 is 2.62 bits per heavy atom. The standard InChI is InChI=1S/C12H13FO3/c1-7-8(13)2-3-9(14)11(7)12(4-5-12)6-10(15)16/h2-3,14H,4-6H2,1H3,(H,15,16). The van der Waals surface area contributed by atoms with Crippen LogP contribution in [-0.4, -0.2) is 16.2 Å². The summed E-state index contributed by atoms with van der Waals surface area (Å²) < 4.78 is 13.4. The Labute approximate surface area is 92.5 Å². The molecule has 1 aromatic rings. The first-order valence-corrected chi connectivity index (χ1v) is 5.17. The monoisotopic (exact) mass is 224 g/mol. The molecule has 0 aromatic heterocycles. The van der Waals surface area contributed by atoms with Crippen LogP contribution in [0, 0.1) is 12.7 Å². The lowest BCUT2D eigenvalue weighted by atomic mass is 9.88. The number of carboxylic acid groups (broad SMARTS) is 1. The Morgan fingerprint density at radius 1 is 1.50 bits per heavy atom. The molecule has 1 fully saturated rings. The van der Waals surface area contributed by atoms with Crippen LogP contribution < -0.4 is 0 Å². The van der Waals surface area contributed by atoms with Crippen molar-refractivity contribution in [3.63, 3.8) is 0 Å². The number of hydrogen-bond acceptors (Lipinski definition) is 2. The predicted octanol–water partition coefficient (Wildman–Crippen LogP) is 2.35. The zero-order valence-electron chi connectivity index (χ0n) is 8.96. The number of aromatic hydroxyl groups is 1. The molecular formula is C12H13FO3. The van der Waals surface area contributed by atoms with Gasteiger partial charge in [-0.25, -0.2) is 4.39 Å². The van der Waals surface area contributed by atoms with Crippen LogP contribution in [0.3, 0.4) is 0 Å². The molecule has 1 aromatic carbocycles. The van der Waals surface area contributed by atoms with E-state index in [9.17, 15) is 14.3 Å². The summed E-state index contributed by atoms with van der Waals surface area (Å²) in [5.74, 6) is -1.32. The largest absolute Gasteiger partial charge is 0.508 e. The van der Waals surface area contributed by atoms with Gasteiger partial charge in [-0.3, -0.25) is 4.79 Å². The van der Waals surface area contributed by atoms with Crippen molar-refractivity contribution >= 4 is 5.97 Å². The van der Waals surface area contributed by atoms with Gasteiger partial charge in [0.2, 0.25) is 0 Å². The molecule has 1 saturated carbocycles. The summed E-state index contributed by atoms with van der Waals surface area (Å²) in [6, 6.07) is 2.49. The highest BCUT2D eigenvalue weighted by Crippen LogP contribution is 2.54. The molecule has 0 saturated heterocycles. The van der Waals surface area contributed by atoms with Crippen molar-refractivity contribution in [3.05, 3.63) is 29.1 Å². The van der Waals surface area contributed by atoms with Crippen LogP contribution in [0.25, 0.3) is 0 Å². The number of phenols is 1. The zero-order valence-corrected chi connectivity index (χ0v) is 8.96. The maximum atomic E-state index is 13.4. The summed E-state index contributed by atoms with van der Waals surface area (Å²) in [6.07, 6.45) is 1.33. The van der Waals surface area contributed by atoms with E-state index < -0.39 is 17.2 Å². The fourth-order valence-electron chi connectivity index (χ4n) is 2.30. The van der Waals surface area contributed by atoms with E-state index in [0.29, 0.717) is 24.0 Å².